The van der Waals surface area contributed by atoms with Crippen LogP contribution in [-0.4, -0.2) is 24.6 Å². The summed E-state index contributed by atoms with van der Waals surface area (Å²) in [4.78, 5) is 11.5. The Morgan fingerprint density at radius 2 is 2.19 bits per heavy atom. The number of aryl methyl sites for hydroxylation is 1. The molecule has 1 atom stereocenters. The molecule has 5 heteroatoms. The number of hydrogen-bond acceptors (Lipinski definition) is 3. The highest BCUT2D eigenvalue weighted by Crippen LogP contribution is 2.19. The number of rotatable bonds is 9. The van der Waals surface area contributed by atoms with Crippen LogP contribution in [0.25, 0.3) is 0 Å². The van der Waals surface area contributed by atoms with Gasteiger partial charge in [-0.1, -0.05) is 13.0 Å². The van der Waals surface area contributed by atoms with Crippen molar-refractivity contribution in [2.75, 3.05) is 13.2 Å². The molecule has 1 amide bonds. The summed E-state index contributed by atoms with van der Waals surface area (Å²) in [6, 6.07) is 4.75. The minimum atomic E-state index is -0.746. The van der Waals surface area contributed by atoms with Crippen LogP contribution in [0, 0.1) is 12.7 Å². The van der Waals surface area contributed by atoms with Crippen molar-refractivity contribution in [3.05, 3.63) is 29.6 Å². The standard InChI is InChI=1S/C16H25FN2O2/c1-4-9-19-16(3,15(18)20)8-5-10-21-14-11-12(2)6-7-13(14)17/h6-7,11,19H,4-5,8-10H2,1-3H3,(H2,18,20). The summed E-state index contributed by atoms with van der Waals surface area (Å²) in [5.41, 5.74) is 5.64. The lowest BCUT2D eigenvalue weighted by atomic mass is 9.95. The summed E-state index contributed by atoms with van der Waals surface area (Å²) in [7, 11) is 0. The molecule has 0 aromatic heterocycles. The Bertz CT molecular complexity index is 479. The molecule has 1 unspecified atom stereocenters. The fraction of sp³-hybridized carbons (Fsp3) is 0.562. The number of carbonyl (C=O) groups excluding carboxylic acids is 1. The lowest BCUT2D eigenvalue weighted by molar-refractivity contribution is -0.124. The average Bonchev–Trinajstić information content (AvgIpc) is 2.44. The predicted molar refractivity (Wildman–Crippen MR) is 81.8 cm³/mol. The Labute approximate surface area is 125 Å². The van der Waals surface area contributed by atoms with E-state index in [1.54, 1.807) is 19.1 Å². The Hall–Kier alpha value is -1.62. The number of carbonyl (C=O) groups is 1. The first-order valence-electron chi connectivity index (χ1n) is 7.33. The van der Waals surface area contributed by atoms with Gasteiger partial charge in [-0.3, -0.25) is 4.79 Å². The summed E-state index contributed by atoms with van der Waals surface area (Å²) in [5.74, 6) is -0.502. The zero-order valence-electron chi connectivity index (χ0n) is 13.0. The molecular formula is C16H25FN2O2. The number of ether oxygens (including phenoxy) is 1. The molecule has 4 nitrogen and oxygen atoms in total. The third-order valence-corrected chi connectivity index (χ3v) is 3.47. The van der Waals surface area contributed by atoms with E-state index in [1.807, 2.05) is 13.8 Å². The molecule has 0 aliphatic rings. The van der Waals surface area contributed by atoms with Crippen LogP contribution in [0.4, 0.5) is 4.39 Å². The van der Waals surface area contributed by atoms with Crippen LogP contribution in [0.5, 0.6) is 5.75 Å². The lowest BCUT2D eigenvalue weighted by Gasteiger charge is -2.27. The lowest BCUT2D eigenvalue weighted by Crippen LogP contribution is -2.53. The van der Waals surface area contributed by atoms with E-state index in [2.05, 4.69) is 5.32 Å². The number of nitrogens with one attached hydrogen (secondary N) is 1. The molecule has 0 heterocycles. The maximum absolute atomic E-state index is 13.5. The predicted octanol–water partition coefficient (Wildman–Crippen LogP) is 2.54. The quantitative estimate of drug-likeness (QED) is 0.688. The normalized spacial score (nSPS) is 13.7. The van der Waals surface area contributed by atoms with Crippen molar-refractivity contribution in [3.63, 3.8) is 0 Å². The van der Waals surface area contributed by atoms with E-state index in [4.69, 9.17) is 10.5 Å². The van der Waals surface area contributed by atoms with Crippen molar-refractivity contribution in [1.29, 1.82) is 0 Å². The van der Waals surface area contributed by atoms with Crippen LogP contribution in [0.1, 0.15) is 38.7 Å². The zero-order valence-corrected chi connectivity index (χ0v) is 13.0. The van der Waals surface area contributed by atoms with E-state index < -0.39 is 5.54 Å². The fourth-order valence-corrected chi connectivity index (χ4v) is 2.03. The first-order valence-corrected chi connectivity index (χ1v) is 7.33. The summed E-state index contributed by atoms with van der Waals surface area (Å²) < 4.78 is 19.0. The van der Waals surface area contributed by atoms with Crippen molar-refractivity contribution in [1.82, 2.24) is 5.32 Å². The van der Waals surface area contributed by atoms with Gasteiger partial charge in [0.1, 0.15) is 0 Å². The maximum Gasteiger partial charge on any atom is 0.237 e. The van der Waals surface area contributed by atoms with E-state index in [-0.39, 0.29) is 17.5 Å². The summed E-state index contributed by atoms with van der Waals surface area (Å²) >= 11 is 0. The molecule has 0 bridgehead atoms. The molecule has 0 saturated carbocycles. The largest absolute Gasteiger partial charge is 0.491 e. The number of amides is 1. The van der Waals surface area contributed by atoms with Crippen molar-refractivity contribution in [2.24, 2.45) is 5.73 Å². The second-order valence-electron chi connectivity index (χ2n) is 5.51. The topological polar surface area (TPSA) is 64.3 Å². The van der Waals surface area contributed by atoms with Gasteiger partial charge in [0, 0.05) is 0 Å². The van der Waals surface area contributed by atoms with Gasteiger partial charge in [0.15, 0.2) is 11.6 Å². The SMILES string of the molecule is CCCNC(C)(CCCOc1cc(C)ccc1F)C(N)=O. The summed E-state index contributed by atoms with van der Waals surface area (Å²) in [6.45, 7) is 6.77. The number of benzene rings is 1. The highest BCUT2D eigenvalue weighted by Gasteiger charge is 2.29. The van der Waals surface area contributed by atoms with Gasteiger partial charge in [-0.2, -0.15) is 0 Å². The Morgan fingerprint density at radius 1 is 1.48 bits per heavy atom. The monoisotopic (exact) mass is 296 g/mol. The van der Waals surface area contributed by atoms with E-state index in [1.165, 1.54) is 6.07 Å². The van der Waals surface area contributed by atoms with Gasteiger partial charge in [-0.25, -0.2) is 4.39 Å². The number of halogens is 1. The van der Waals surface area contributed by atoms with E-state index >= 15 is 0 Å². The fourth-order valence-electron chi connectivity index (χ4n) is 2.03. The number of hydrogen-bond donors (Lipinski definition) is 2. The van der Waals surface area contributed by atoms with Gasteiger partial charge in [-0.05, 0) is 57.4 Å². The van der Waals surface area contributed by atoms with E-state index in [0.29, 0.717) is 19.4 Å². The Kier molecular flexibility index (Phi) is 6.62. The molecule has 1 rings (SSSR count). The van der Waals surface area contributed by atoms with E-state index in [0.717, 1.165) is 18.5 Å². The van der Waals surface area contributed by atoms with Crippen molar-refractivity contribution in [2.45, 2.75) is 45.6 Å². The van der Waals surface area contributed by atoms with Crippen molar-refractivity contribution in [3.8, 4) is 5.75 Å². The maximum atomic E-state index is 13.5. The number of nitrogens with two attached hydrogens (primary N) is 1. The van der Waals surface area contributed by atoms with Crippen LogP contribution < -0.4 is 15.8 Å². The van der Waals surface area contributed by atoms with Gasteiger partial charge >= 0.3 is 0 Å². The molecular weight excluding hydrogens is 271 g/mol. The third-order valence-electron chi connectivity index (χ3n) is 3.47. The molecule has 118 valence electrons. The first-order chi connectivity index (χ1) is 9.89. The van der Waals surface area contributed by atoms with Gasteiger partial charge in [-0.15, -0.1) is 0 Å². The Morgan fingerprint density at radius 3 is 2.81 bits per heavy atom. The second-order valence-corrected chi connectivity index (χ2v) is 5.51. The smallest absolute Gasteiger partial charge is 0.237 e. The molecule has 0 aliphatic carbocycles. The molecule has 0 saturated heterocycles. The van der Waals surface area contributed by atoms with Crippen molar-refractivity contribution >= 4 is 5.91 Å². The highest BCUT2D eigenvalue weighted by molar-refractivity contribution is 5.84. The van der Waals surface area contributed by atoms with Crippen LogP contribution in [0.2, 0.25) is 0 Å². The molecule has 21 heavy (non-hydrogen) atoms. The number of primary amides is 1. The molecule has 0 radical (unpaired) electrons. The summed E-state index contributed by atoms with van der Waals surface area (Å²) in [5, 5.41) is 3.16. The van der Waals surface area contributed by atoms with Gasteiger partial charge in [0.05, 0.1) is 12.1 Å². The highest BCUT2D eigenvalue weighted by atomic mass is 19.1. The first kappa shape index (κ1) is 17.4. The minimum absolute atomic E-state index is 0.247. The third kappa shape index (κ3) is 5.34. The minimum Gasteiger partial charge on any atom is -0.491 e. The van der Waals surface area contributed by atoms with E-state index in [9.17, 15) is 9.18 Å². The Balaban J connectivity index is 2.47. The van der Waals surface area contributed by atoms with Crippen molar-refractivity contribution < 1.29 is 13.9 Å². The van der Waals surface area contributed by atoms with Crippen LogP contribution >= 0.6 is 0 Å². The molecule has 0 spiro atoms. The van der Waals surface area contributed by atoms with Crippen LogP contribution in [-0.2, 0) is 4.79 Å². The molecule has 0 fully saturated rings. The zero-order chi connectivity index (χ0) is 15.9. The molecule has 1 aromatic carbocycles. The van der Waals surface area contributed by atoms with Gasteiger partial charge < -0.3 is 15.8 Å². The second kappa shape index (κ2) is 7.98. The molecule has 3 N–H and O–H groups in total. The summed E-state index contributed by atoms with van der Waals surface area (Å²) in [6.07, 6.45) is 2.09. The van der Waals surface area contributed by atoms with Gasteiger partial charge in [0.25, 0.3) is 0 Å². The average molecular weight is 296 g/mol. The molecule has 0 aliphatic heterocycles. The molecule has 1 aromatic rings. The van der Waals surface area contributed by atoms with Crippen LogP contribution in [0.15, 0.2) is 18.2 Å². The van der Waals surface area contributed by atoms with Gasteiger partial charge in [0.2, 0.25) is 5.91 Å². The van der Waals surface area contributed by atoms with Crippen LogP contribution in [0.3, 0.4) is 0 Å².